The third kappa shape index (κ3) is 4.59. The van der Waals surface area contributed by atoms with E-state index in [4.69, 9.17) is 20.8 Å². The Balaban J connectivity index is 1.66. The largest absolute Gasteiger partial charge is 0.484 e. The molecule has 5 nitrogen and oxygen atoms in total. The molecule has 1 aromatic carbocycles. The predicted octanol–water partition coefficient (Wildman–Crippen LogP) is 2.37. The first-order chi connectivity index (χ1) is 9.63. The number of amides is 1. The van der Waals surface area contributed by atoms with E-state index in [0.29, 0.717) is 29.6 Å². The Labute approximate surface area is 121 Å². The van der Waals surface area contributed by atoms with Crippen molar-refractivity contribution >= 4 is 17.5 Å². The van der Waals surface area contributed by atoms with Crippen molar-refractivity contribution in [2.45, 2.75) is 13.3 Å². The van der Waals surface area contributed by atoms with Crippen molar-refractivity contribution in [3.05, 3.63) is 47.1 Å². The van der Waals surface area contributed by atoms with Gasteiger partial charge < -0.3 is 14.5 Å². The van der Waals surface area contributed by atoms with E-state index >= 15 is 0 Å². The number of nitrogens with zero attached hydrogens (tertiary/aromatic N) is 1. The molecule has 20 heavy (non-hydrogen) atoms. The van der Waals surface area contributed by atoms with Crippen LogP contribution in [0.3, 0.4) is 0 Å². The Morgan fingerprint density at radius 2 is 2.15 bits per heavy atom. The molecule has 6 heteroatoms. The minimum absolute atomic E-state index is 0.0283. The summed E-state index contributed by atoms with van der Waals surface area (Å²) in [6.45, 7) is 2.25. The zero-order chi connectivity index (χ0) is 14.4. The standard InChI is InChI=1S/C14H15ClN2O3/c1-10-17-12(8-19-10)6-7-16-14(18)9-20-13-4-2-11(15)3-5-13/h2-5,8H,6-7,9H2,1H3,(H,16,18). The molecule has 0 spiro atoms. The van der Waals surface area contributed by atoms with Crippen molar-refractivity contribution in [1.82, 2.24) is 10.3 Å². The van der Waals surface area contributed by atoms with Crippen molar-refractivity contribution in [2.24, 2.45) is 0 Å². The van der Waals surface area contributed by atoms with Gasteiger partial charge in [-0.25, -0.2) is 4.98 Å². The van der Waals surface area contributed by atoms with Gasteiger partial charge in [-0.3, -0.25) is 4.79 Å². The SMILES string of the molecule is Cc1nc(CCNC(=O)COc2ccc(Cl)cc2)co1. The molecule has 2 rings (SSSR count). The lowest BCUT2D eigenvalue weighted by atomic mass is 10.3. The van der Waals surface area contributed by atoms with E-state index in [2.05, 4.69) is 10.3 Å². The van der Waals surface area contributed by atoms with E-state index in [0.717, 1.165) is 5.69 Å². The van der Waals surface area contributed by atoms with Crippen molar-refractivity contribution in [3.8, 4) is 5.75 Å². The van der Waals surface area contributed by atoms with Gasteiger partial charge in [0.1, 0.15) is 12.0 Å². The van der Waals surface area contributed by atoms with E-state index < -0.39 is 0 Å². The predicted molar refractivity (Wildman–Crippen MR) is 74.9 cm³/mol. The summed E-state index contributed by atoms with van der Waals surface area (Å²) in [6.07, 6.45) is 2.22. The Morgan fingerprint density at radius 3 is 2.80 bits per heavy atom. The lowest BCUT2D eigenvalue weighted by Gasteiger charge is -2.06. The van der Waals surface area contributed by atoms with E-state index in [9.17, 15) is 4.79 Å². The number of aromatic nitrogens is 1. The summed E-state index contributed by atoms with van der Waals surface area (Å²) in [5, 5.41) is 3.38. The first-order valence-corrected chi connectivity index (χ1v) is 6.57. The summed E-state index contributed by atoms with van der Waals surface area (Å²) in [6, 6.07) is 6.85. The van der Waals surface area contributed by atoms with Gasteiger partial charge >= 0.3 is 0 Å². The quantitative estimate of drug-likeness (QED) is 0.888. The molecule has 0 saturated heterocycles. The zero-order valence-electron chi connectivity index (χ0n) is 11.1. The van der Waals surface area contributed by atoms with E-state index in [1.807, 2.05) is 0 Å². The van der Waals surface area contributed by atoms with Crippen LogP contribution in [0.5, 0.6) is 5.75 Å². The molecule has 1 heterocycles. The Kier molecular flexibility index (Phi) is 5.01. The highest BCUT2D eigenvalue weighted by molar-refractivity contribution is 6.30. The zero-order valence-corrected chi connectivity index (χ0v) is 11.8. The maximum atomic E-state index is 11.6. The molecule has 0 unspecified atom stereocenters. The molecule has 1 N–H and O–H groups in total. The number of ether oxygens (including phenoxy) is 1. The van der Waals surface area contributed by atoms with Gasteiger partial charge in [0.25, 0.3) is 5.91 Å². The van der Waals surface area contributed by atoms with Crippen molar-refractivity contribution in [2.75, 3.05) is 13.2 Å². The van der Waals surface area contributed by atoms with E-state index in [1.54, 1.807) is 37.5 Å². The normalized spacial score (nSPS) is 10.3. The Morgan fingerprint density at radius 1 is 1.40 bits per heavy atom. The fraction of sp³-hybridized carbons (Fsp3) is 0.286. The number of carbonyl (C=O) groups excluding carboxylic acids is 1. The van der Waals surface area contributed by atoms with Gasteiger partial charge in [0, 0.05) is 24.9 Å². The molecule has 1 aromatic heterocycles. The number of benzene rings is 1. The van der Waals surface area contributed by atoms with Crippen LogP contribution < -0.4 is 10.1 Å². The van der Waals surface area contributed by atoms with Gasteiger partial charge in [-0.2, -0.15) is 0 Å². The number of hydrogen-bond donors (Lipinski definition) is 1. The second-order valence-electron chi connectivity index (χ2n) is 4.20. The number of aryl methyl sites for hydroxylation is 1. The van der Waals surface area contributed by atoms with Crippen LogP contribution in [0.2, 0.25) is 5.02 Å². The molecule has 0 bridgehead atoms. The maximum absolute atomic E-state index is 11.6. The van der Waals surface area contributed by atoms with Crippen LogP contribution in [0.25, 0.3) is 0 Å². The fourth-order valence-corrected chi connectivity index (χ4v) is 1.71. The third-order valence-electron chi connectivity index (χ3n) is 2.55. The monoisotopic (exact) mass is 294 g/mol. The summed E-state index contributed by atoms with van der Waals surface area (Å²) in [5.41, 5.74) is 0.821. The Bertz CT molecular complexity index is 566. The molecule has 1 amide bonds. The molecule has 106 valence electrons. The third-order valence-corrected chi connectivity index (χ3v) is 2.81. The topological polar surface area (TPSA) is 64.4 Å². The van der Waals surface area contributed by atoms with E-state index in [1.165, 1.54) is 0 Å². The summed E-state index contributed by atoms with van der Waals surface area (Å²) < 4.78 is 10.4. The number of oxazole rings is 1. The molecule has 0 aliphatic heterocycles. The number of nitrogens with one attached hydrogen (secondary N) is 1. The van der Waals surface area contributed by atoms with Crippen LogP contribution in [0.15, 0.2) is 34.9 Å². The van der Waals surface area contributed by atoms with Gasteiger partial charge in [0.2, 0.25) is 0 Å². The summed E-state index contributed by atoms with van der Waals surface area (Å²) in [7, 11) is 0. The van der Waals surface area contributed by atoms with Gasteiger partial charge in [0.05, 0.1) is 5.69 Å². The summed E-state index contributed by atoms with van der Waals surface area (Å²) in [4.78, 5) is 15.7. The smallest absolute Gasteiger partial charge is 0.257 e. The van der Waals surface area contributed by atoms with E-state index in [-0.39, 0.29) is 12.5 Å². The van der Waals surface area contributed by atoms with Crippen LogP contribution in [-0.2, 0) is 11.2 Å². The Hall–Kier alpha value is -2.01. The molecule has 0 radical (unpaired) electrons. The molecule has 0 saturated carbocycles. The van der Waals surface area contributed by atoms with Gasteiger partial charge in [-0.05, 0) is 24.3 Å². The summed E-state index contributed by atoms with van der Waals surface area (Å²) in [5.74, 6) is 1.05. The highest BCUT2D eigenvalue weighted by atomic mass is 35.5. The van der Waals surface area contributed by atoms with Crippen LogP contribution in [0.4, 0.5) is 0 Å². The average Bonchev–Trinajstić information content (AvgIpc) is 2.84. The van der Waals surface area contributed by atoms with Crippen LogP contribution in [0.1, 0.15) is 11.6 Å². The molecule has 2 aromatic rings. The second-order valence-corrected chi connectivity index (χ2v) is 4.64. The van der Waals surface area contributed by atoms with Crippen LogP contribution >= 0.6 is 11.6 Å². The van der Waals surface area contributed by atoms with Gasteiger partial charge in [0.15, 0.2) is 12.5 Å². The van der Waals surface area contributed by atoms with Crippen LogP contribution in [-0.4, -0.2) is 24.0 Å². The molecular weight excluding hydrogens is 280 g/mol. The number of halogens is 1. The minimum atomic E-state index is -0.180. The average molecular weight is 295 g/mol. The maximum Gasteiger partial charge on any atom is 0.257 e. The number of carbonyl (C=O) groups is 1. The first kappa shape index (κ1) is 14.4. The van der Waals surface area contributed by atoms with Crippen molar-refractivity contribution in [3.63, 3.8) is 0 Å². The van der Waals surface area contributed by atoms with Gasteiger partial charge in [-0.15, -0.1) is 0 Å². The lowest BCUT2D eigenvalue weighted by molar-refractivity contribution is -0.123. The molecule has 0 aliphatic rings. The second kappa shape index (κ2) is 6.96. The summed E-state index contributed by atoms with van der Waals surface area (Å²) >= 11 is 5.75. The first-order valence-electron chi connectivity index (χ1n) is 6.19. The molecule has 0 aliphatic carbocycles. The van der Waals surface area contributed by atoms with Crippen molar-refractivity contribution < 1.29 is 13.9 Å². The number of rotatable bonds is 6. The van der Waals surface area contributed by atoms with Crippen LogP contribution in [0, 0.1) is 6.92 Å². The molecule has 0 atom stereocenters. The number of hydrogen-bond acceptors (Lipinski definition) is 4. The highest BCUT2D eigenvalue weighted by Gasteiger charge is 2.04. The molecule has 0 fully saturated rings. The van der Waals surface area contributed by atoms with Gasteiger partial charge in [-0.1, -0.05) is 11.6 Å². The van der Waals surface area contributed by atoms with Crippen molar-refractivity contribution in [1.29, 1.82) is 0 Å². The molecular formula is C14H15ClN2O3. The minimum Gasteiger partial charge on any atom is -0.484 e. The highest BCUT2D eigenvalue weighted by Crippen LogP contribution is 2.15. The lowest BCUT2D eigenvalue weighted by Crippen LogP contribution is -2.30. The fourth-order valence-electron chi connectivity index (χ4n) is 1.58.